The van der Waals surface area contributed by atoms with Crippen LogP contribution in [0.4, 0.5) is 4.79 Å². The Labute approximate surface area is 190 Å². The van der Waals surface area contributed by atoms with E-state index >= 15 is 0 Å². The Morgan fingerprint density at radius 1 is 1.00 bits per heavy atom. The van der Waals surface area contributed by atoms with E-state index in [9.17, 15) is 14.4 Å². The topological polar surface area (TPSA) is 121 Å². The average Bonchev–Trinajstić information content (AvgIpc) is 3.15. The number of amides is 2. The molecule has 2 saturated heterocycles. The minimum atomic E-state index is -1.02. The highest BCUT2D eigenvalue weighted by Crippen LogP contribution is 2.36. The molecule has 1 unspecified atom stereocenters. The van der Waals surface area contributed by atoms with Crippen molar-refractivity contribution >= 4 is 41.2 Å². The smallest absolute Gasteiger partial charge is 0.407 e. The van der Waals surface area contributed by atoms with Crippen LogP contribution in [0.3, 0.4) is 0 Å². The third-order valence-corrected chi connectivity index (χ3v) is 5.80. The van der Waals surface area contributed by atoms with Gasteiger partial charge in [-0.15, -0.1) is 0 Å². The number of ether oxygens (including phenoxy) is 5. The number of fused-ring (bicyclic) bond motifs is 1. The molecule has 2 N–H and O–H groups in total. The summed E-state index contributed by atoms with van der Waals surface area (Å²) in [5.41, 5.74) is 0. The lowest BCUT2D eigenvalue weighted by atomic mass is 9.96. The Kier molecular flexibility index (Phi) is 8.63. The van der Waals surface area contributed by atoms with Gasteiger partial charge in [-0.1, -0.05) is 42.5 Å². The molecule has 10 nitrogen and oxygen atoms in total. The Bertz CT molecular complexity index is 661. The lowest BCUT2D eigenvalue weighted by molar-refractivity contribution is -0.210. The number of halogens is 2. The number of carbonyl (C=O) groups is 3. The first-order chi connectivity index (χ1) is 14.7. The van der Waals surface area contributed by atoms with Gasteiger partial charge < -0.3 is 34.3 Å². The van der Waals surface area contributed by atoms with Crippen LogP contribution in [0.15, 0.2) is 0 Å². The van der Waals surface area contributed by atoms with Gasteiger partial charge in [-0.3, -0.25) is 9.59 Å². The van der Waals surface area contributed by atoms with Crippen molar-refractivity contribution < 1.29 is 38.1 Å². The van der Waals surface area contributed by atoms with Gasteiger partial charge in [0.15, 0.2) is 23.5 Å². The molecule has 3 aliphatic rings. The molecule has 2 amide bonds. The van der Waals surface area contributed by atoms with Crippen LogP contribution < -0.4 is 10.6 Å². The second-order valence-electron chi connectivity index (χ2n) is 7.85. The highest BCUT2D eigenvalue weighted by molar-refractivity contribution is 6.44. The van der Waals surface area contributed by atoms with E-state index in [0.29, 0.717) is 0 Å². The zero-order chi connectivity index (χ0) is 22.5. The molecule has 2 heterocycles. The SMILES string of the molecule is CC(=O)N[C@@H]1O[C@H](COC(C)=O)[C@H](OC(=O)NC2CCCCC2)[C@H]2OC(C(Cl)Cl)O[C@H]21. The number of hydrogen-bond acceptors (Lipinski definition) is 8. The van der Waals surface area contributed by atoms with Gasteiger partial charge in [0.1, 0.15) is 24.9 Å². The maximum atomic E-state index is 12.6. The average molecular weight is 483 g/mol. The summed E-state index contributed by atoms with van der Waals surface area (Å²) in [7, 11) is 0. The van der Waals surface area contributed by atoms with Crippen molar-refractivity contribution in [2.24, 2.45) is 0 Å². The summed E-state index contributed by atoms with van der Waals surface area (Å²) >= 11 is 11.8. The van der Waals surface area contributed by atoms with Crippen LogP contribution in [0.1, 0.15) is 46.0 Å². The lowest BCUT2D eigenvalue weighted by Gasteiger charge is -2.41. The van der Waals surface area contributed by atoms with Gasteiger partial charge in [0, 0.05) is 19.9 Å². The molecule has 6 atom stereocenters. The fourth-order valence-electron chi connectivity index (χ4n) is 4.04. The molecule has 0 aromatic rings. The molecule has 0 radical (unpaired) electrons. The third kappa shape index (κ3) is 6.58. The van der Waals surface area contributed by atoms with Gasteiger partial charge in [0.2, 0.25) is 5.91 Å². The number of nitrogens with one attached hydrogen (secondary N) is 2. The molecule has 0 bridgehead atoms. The van der Waals surface area contributed by atoms with Gasteiger partial charge in [0.25, 0.3) is 0 Å². The normalized spacial score (nSPS) is 33.5. The standard InChI is InChI=1S/C19H28Cl2N2O8/c1-9(24)22-17-15-14(29-18(30-15)16(20)21)13(12(28-17)8-27-10(2)25)31-19(26)23-11-6-4-3-5-7-11/h11-18H,3-8H2,1-2H3,(H,22,24)(H,23,26)/t12-,13+,14-,15-,17-,18?/m1/s1. The number of carbonyl (C=O) groups excluding carboxylic acids is 3. The number of alkyl halides is 2. The molecule has 3 rings (SSSR count). The van der Waals surface area contributed by atoms with E-state index in [1.54, 1.807) is 0 Å². The molecule has 0 aromatic carbocycles. The maximum Gasteiger partial charge on any atom is 0.407 e. The van der Waals surface area contributed by atoms with E-state index in [0.717, 1.165) is 32.1 Å². The fraction of sp³-hybridized carbons (Fsp3) is 0.842. The molecule has 0 spiro atoms. The molecular formula is C19H28Cl2N2O8. The zero-order valence-electron chi connectivity index (χ0n) is 17.4. The van der Waals surface area contributed by atoms with Gasteiger partial charge in [0.05, 0.1) is 0 Å². The summed E-state index contributed by atoms with van der Waals surface area (Å²) in [6.45, 7) is 2.35. The molecule has 1 aliphatic carbocycles. The second kappa shape index (κ2) is 11.0. The summed E-state index contributed by atoms with van der Waals surface area (Å²) in [5.74, 6) is -0.903. The van der Waals surface area contributed by atoms with Crippen LogP contribution in [0.2, 0.25) is 0 Å². The fourth-order valence-corrected chi connectivity index (χ4v) is 4.28. The summed E-state index contributed by atoms with van der Waals surface area (Å²) in [5, 5.41) is 5.49. The van der Waals surface area contributed by atoms with Crippen LogP contribution >= 0.6 is 23.2 Å². The summed E-state index contributed by atoms with van der Waals surface area (Å²) in [6, 6.07) is 0.0316. The summed E-state index contributed by atoms with van der Waals surface area (Å²) in [6.07, 6.45) is -1.19. The van der Waals surface area contributed by atoms with Crippen molar-refractivity contribution in [2.45, 2.75) is 93.8 Å². The van der Waals surface area contributed by atoms with Crippen molar-refractivity contribution in [3.8, 4) is 0 Å². The van der Waals surface area contributed by atoms with Crippen molar-refractivity contribution in [3.05, 3.63) is 0 Å². The van der Waals surface area contributed by atoms with Gasteiger partial charge in [-0.25, -0.2) is 4.79 Å². The minimum Gasteiger partial charge on any atom is -0.463 e. The Morgan fingerprint density at radius 2 is 1.68 bits per heavy atom. The van der Waals surface area contributed by atoms with E-state index < -0.39 is 53.8 Å². The molecule has 0 aromatic heterocycles. The number of esters is 1. The predicted molar refractivity (Wildman–Crippen MR) is 108 cm³/mol. The Hall–Kier alpha value is -1.33. The van der Waals surface area contributed by atoms with Crippen LogP contribution in [-0.4, -0.2) is 72.4 Å². The third-order valence-electron chi connectivity index (χ3n) is 5.39. The maximum absolute atomic E-state index is 12.6. The van der Waals surface area contributed by atoms with Gasteiger partial charge >= 0.3 is 12.1 Å². The monoisotopic (exact) mass is 482 g/mol. The Morgan fingerprint density at radius 3 is 2.29 bits per heavy atom. The first-order valence-corrected chi connectivity index (χ1v) is 11.2. The minimum absolute atomic E-state index is 0.0316. The second-order valence-corrected chi connectivity index (χ2v) is 9.02. The first kappa shape index (κ1) is 24.3. The van der Waals surface area contributed by atoms with Crippen LogP contribution in [0.5, 0.6) is 0 Å². The van der Waals surface area contributed by atoms with Crippen molar-refractivity contribution in [1.29, 1.82) is 0 Å². The molecular weight excluding hydrogens is 455 g/mol. The number of rotatable bonds is 6. The van der Waals surface area contributed by atoms with E-state index in [-0.39, 0.29) is 18.6 Å². The van der Waals surface area contributed by atoms with E-state index in [4.69, 9.17) is 46.9 Å². The number of alkyl carbamates (subject to hydrolysis) is 1. The molecule has 31 heavy (non-hydrogen) atoms. The quantitative estimate of drug-likeness (QED) is 0.433. The van der Waals surface area contributed by atoms with E-state index in [1.807, 2.05) is 0 Å². The molecule has 2 aliphatic heterocycles. The predicted octanol–water partition coefficient (Wildman–Crippen LogP) is 1.75. The first-order valence-electron chi connectivity index (χ1n) is 10.4. The van der Waals surface area contributed by atoms with Crippen LogP contribution in [-0.2, 0) is 33.3 Å². The Balaban J connectivity index is 1.76. The van der Waals surface area contributed by atoms with Gasteiger partial charge in [-0.2, -0.15) is 0 Å². The zero-order valence-corrected chi connectivity index (χ0v) is 18.9. The lowest BCUT2D eigenvalue weighted by Crippen LogP contribution is -2.63. The van der Waals surface area contributed by atoms with Gasteiger partial charge in [-0.05, 0) is 12.8 Å². The highest BCUT2D eigenvalue weighted by atomic mass is 35.5. The molecule has 1 saturated carbocycles. The molecule has 12 heteroatoms. The largest absolute Gasteiger partial charge is 0.463 e. The van der Waals surface area contributed by atoms with Crippen molar-refractivity contribution in [1.82, 2.24) is 10.6 Å². The van der Waals surface area contributed by atoms with Crippen molar-refractivity contribution in [3.63, 3.8) is 0 Å². The van der Waals surface area contributed by atoms with Crippen LogP contribution in [0.25, 0.3) is 0 Å². The molecule has 3 fully saturated rings. The highest BCUT2D eigenvalue weighted by Gasteiger charge is 2.56. The number of hydrogen-bond donors (Lipinski definition) is 2. The van der Waals surface area contributed by atoms with E-state index in [1.165, 1.54) is 13.8 Å². The van der Waals surface area contributed by atoms with Crippen molar-refractivity contribution in [2.75, 3.05) is 6.61 Å². The van der Waals surface area contributed by atoms with E-state index in [2.05, 4.69) is 10.6 Å². The summed E-state index contributed by atoms with van der Waals surface area (Å²) < 4.78 is 28.2. The van der Waals surface area contributed by atoms with Crippen LogP contribution in [0, 0.1) is 0 Å². The summed E-state index contributed by atoms with van der Waals surface area (Å²) in [4.78, 5) is 34.6. The molecule has 176 valence electrons.